The molecule has 0 spiro atoms. The predicted octanol–water partition coefficient (Wildman–Crippen LogP) is 1.57. The van der Waals surface area contributed by atoms with Gasteiger partial charge in [0.05, 0.1) is 11.6 Å². The van der Waals surface area contributed by atoms with E-state index in [2.05, 4.69) is 25.3 Å². The number of hydrogen-bond donors (Lipinski definition) is 3. The summed E-state index contributed by atoms with van der Waals surface area (Å²) in [5.74, 6) is -0.692. The highest BCUT2D eigenvalue weighted by atomic mass is 32.2. The van der Waals surface area contributed by atoms with Crippen molar-refractivity contribution in [1.82, 2.24) is 19.9 Å². The van der Waals surface area contributed by atoms with E-state index in [0.29, 0.717) is 27.4 Å². The van der Waals surface area contributed by atoms with Crippen molar-refractivity contribution in [3.8, 4) is 0 Å². The van der Waals surface area contributed by atoms with Crippen LogP contribution < -0.4 is 11.1 Å². The number of aromatic nitrogens is 4. The Morgan fingerprint density at radius 3 is 2.67 bits per heavy atom. The van der Waals surface area contributed by atoms with Crippen LogP contribution in [0, 0.1) is 0 Å². The van der Waals surface area contributed by atoms with Gasteiger partial charge >= 0.3 is 0 Å². The van der Waals surface area contributed by atoms with Crippen molar-refractivity contribution in [2.45, 2.75) is 17.2 Å². The molecule has 122 valence electrons. The molecule has 0 radical (unpaired) electrons. The molecule has 0 aliphatic rings. The summed E-state index contributed by atoms with van der Waals surface area (Å²) in [4.78, 5) is 38.6. The van der Waals surface area contributed by atoms with Crippen molar-refractivity contribution in [3.05, 3.63) is 42.5 Å². The number of H-pyrrole nitrogens is 1. The number of aromatic amines is 1. The van der Waals surface area contributed by atoms with E-state index in [0.717, 1.165) is 0 Å². The van der Waals surface area contributed by atoms with Crippen molar-refractivity contribution < 1.29 is 9.59 Å². The summed E-state index contributed by atoms with van der Waals surface area (Å²) < 4.78 is 0. The van der Waals surface area contributed by atoms with Gasteiger partial charge in [-0.1, -0.05) is 11.8 Å². The van der Waals surface area contributed by atoms with E-state index in [1.807, 2.05) is 0 Å². The fourth-order valence-electron chi connectivity index (χ4n) is 2.01. The van der Waals surface area contributed by atoms with Gasteiger partial charge in [-0.25, -0.2) is 15.0 Å². The largest absolute Gasteiger partial charge is 0.366 e. The molecule has 0 aliphatic heterocycles. The van der Waals surface area contributed by atoms with Gasteiger partial charge < -0.3 is 16.0 Å². The highest BCUT2D eigenvalue weighted by Gasteiger charge is 2.18. The number of primary amides is 1. The van der Waals surface area contributed by atoms with E-state index in [-0.39, 0.29) is 11.2 Å². The van der Waals surface area contributed by atoms with Gasteiger partial charge in [-0.15, -0.1) is 0 Å². The number of rotatable bonds is 5. The molecule has 0 unspecified atom stereocenters. The zero-order valence-electron chi connectivity index (χ0n) is 12.7. The minimum absolute atomic E-state index is 0.182. The summed E-state index contributed by atoms with van der Waals surface area (Å²) in [6.07, 6.45) is 2.95. The van der Waals surface area contributed by atoms with Gasteiger partial charge in [-0.3, -0.25) is 9.59 Å². The zero-order valence-corrected chi connectivity index (χ0v) is 13.5. The Balaban J connectivity index is 1.68. The lowest BCUT2D eigenvalue weighted by Crippen LogP contribution is -2.22. The molecule has 2 heterocycles. The third-order valence-electron chi connectivity index (χ3n) is 3.28. The monoisotopic (exact) mass is 342 g/mol. The number of benzene rings is 1. The van der Waals surface area contributed by atoms with Crippen LogP contribution in [0.25, 0.3) is 11.2 Å². The van der Waals surface area contributed by atoms with E-state index in [9.17, 15) is 9.59 Å². The number of nitrogens with zero attached hydrogens (tertiary/aromatic N) is 3. The molecule has 4 N–H and O–H groups in total. The van der Waals surface area contributed by atoms with E-state index in [1.165, 1.54) is 24.4 Å². The van der Waals surface area contributed by atoms with Crippen LogP contribution in [-0.4, -0.2) is 37.0 Å². The SMILES string of the molecule is C[C@@H](Sc1ncnc2nc[nH]c12)C(=O)Nc1ccc(C(N)=O)cc1. The average molecular weight is 342 g/mol. The normalized spacial score (nSPS) is 12.0. The first-order chi connectivity index (χ1) is 11.5. The number of amides is 2. The lowest BCUT2D eigenvalue weighted by Gasteiger charge is -2.12. The molecule has 1 aromatic carbocycles. The molecule has 2 aromatic heterocycles. The van der Waals surface area contributed by atoms with Crippen molar-refractivity contribution >= 4 is 40.4 Å². The molecule has 0 aliphatic carbocycles. The third-order valence-corrected chi connectivity index (χ3v) is 4.38. The Morgan fingerprint density at radius 2 is 1.96 bits per heavy atom. The van der Waals surface area contributed by atoms with E-state index in [1.54, 1.807) is 31.2 Å². The minimum Gasteiger partial charge on any atom is -0.366 e. The van der Waals surface area contributed by atoms with Gasteiger partial charge in [0.1, 0.15) is 16.9 Å². The molecule has 0 saturated heterocycles. The summed E-state index contributed by atoms with van der Waals surface area (Å²) in [5, 5.41) is 3.06. The Hall–Kier alpha value is -2.94. The number of imidazole rings is 1. The predicted molar refractivity (Wildman–Crippen MR) is 90.6 cm³/mol. The van der Waals surface area contributed by atoms with Gasteiger partial charge in [0, 0.05) is 11.3 Å². The van der Waals surface area contributed by atoms with Crippen LogP contribution in [0.3, 0.4) is 0 Å². The lowest BCUT2D eigenvalue weighted by molar-refractivity contribution is -0.115. The Kier molecular flexibility index (Phi) is 4.43. The Bertz CT molecular complexity index is 892. The molecule has 24 heavy (non-hydrogen) atoms. The fourth-order valence-corrected chi connectivity index (χ4v) is 2.89. The van der Waals surface area contributed by atoms with Crippen molar-refractivity contribution in [2.75, 3.05) is 5.32 Å². The number of fused-ring (bicyclic) bond motifs is 1. The average Bonchev–Trinajstić information content (AvgIpc) is 3.05. The number of anilines is 1. The van der Waals surface area contributed by atoms with Crippen LogP contribution in [0.5, 0.6) is 0 Å². The molecule has 3 rings (SSSR count). The summed E-state index contributed by atoms with van der Waals surface area (Å²) in [6, 6.07) is 6.39. The number of carbonyl (C=O) groups excluding carboxylic acids is 2. The fraction of sp³-hybridized carbons (Fsp3) is 0.133. The molecule has 2 amide bonds. The standard InChI is InChI=1S/C15H14N6O2S/c1-8(24-15-11-13(18-6-17-11)19-7-20-15)14(23)21-10-4-2-9(3-5-10)12(16)22/h2-8H,1H3,(H2,16,22)(H,21,23)(H,17,18,19,20)/t8-/m1/s1. The number of thioether (sulfide) groups is 1. The second kappa shape index (κ2) is 6.67. The molecular weight excluding hydrogens is 328 g/mol. The number of carbonyl (C=O) groups is 2. The Morgan fingerprint density at radius 1 is 1.21 bits per heavy atom. The summed E-state index contributed by atoms with van der Waals surface area (Å²) in [6.45, 7) is 1.78. The summed E-state index contributed by atoms with van der Waals surface area (Å²) in [5.41, 5.74) is 7.42. The quantitative estimate of drug-likeness (QED) is 0.477. The summed E-state index contributed by atoms with van der Waals surface area (Å²) >= 11 is 1.30. The molecule has 9 heteroatoms. The van der Waals surface area contributed by atoms with Crippen LogP contribution in [0.2, 0.25) is 0 Å². The molecule has 0 bridgehead atoms. The highest BCUT2D eigenvalue weighted by Crippen LogP contribution is 2.26. The first-order valence-corrected chi connectivity index (χ1v) is 7.94. The number of hydrogen-bond acceptors (Lipinski definition) is 6. The van der Waals surface area contributed by atoms with Crippen LogP contribution in [0.15, 0.2) is 41.9 Å². The van der Waals surface area contributed by atoms with Crippen molar-refractivity contribution in [2.24, 2.45) is 5.73 Å². The summed E-state index contributed by atoms with van der Waals surface area (Å²) in [7, 11) is 0. The topological polar surface area (TPSA) is 127 Å². The molecule has 0 fully saturated rings. The second-order valence-corrected chi connectivity index (χ2v) is 6.30. The van der Waals surface area contributed by atoms with Gasteiger partial charge in [-0.2, -0.15) is 0 Å². The van der Waals surface area contributed by atoms with Crippen LogP contribution in [-0.2, 0) is 4.79 Å². The molecule has 3 aromatic rings. The van der Waals surface area contributed by atoms with E-state index >= 15 is 0 Å². The van der Waals surface area contributed by atoms with Gasteiger partial charge in [-0.05, 0) is 31.2 Å². The Labute approximate surface area is 141 Å². The lowest BCUT2D eigenvalue weighted by atomic mass is 10.2. The highest BCUT2D eigenvalue weighted by molar-refractivity contribution is 8.00. The number of nitrogens with one attached hydrogen (secondary N) is 2. The maximum absolute atomic E-state index is 12.3. The first-order valence-electron chi connectivity index (χ1n) is 7.06. The third kappa shape index (κ3) is 3.35. The maximum Gasteiger partial charge on any atom is 0.248 e. The zero-order chi connectivity index (χ0) is 17.1. The second-order valence-electron chi connectivity index (χ2n) is 4.97. The number of nitrogens with two attached hydrogens (primary N) is 1. The first kappa shape index (κ1) is 15.9. The van der Waals surface area contributed by atoms with Crippen LogP contribution in [0.1, 0.15) is 17.3 Å². The molecule has 1 atom stereocenters. The van der Waals surface area contributed by atoms with Crippen LogP contribution in [0.4, 0.5) is 5.69 Å². The van der Waals surface area contributed by atoms with Gasteiger partial charge in [0.25, 0.3) is 0 Å². The van der Waals surface area contributed by atoms with Crippen molar-refractivity contribution in [3.63, 3.8) is 0 Å². The van der Waals surface area contributed by atoms with Crippen molar-refractivity contribution in [1.29, 1.82) is 0 Å². The van der Waals surface area contributed by atoms with Crippen LogP contribution >= 0.6 is 11.8 Å². The molecule has 8 nitrogen and oxygen atoms in total. The minimum atomic E-state index is -0.510. The van der Waals surface area contributed by atoms with E-state index < -0.39 is 5.91 Å². The van der Waals surface area contributed by atoms with E-state index in [4.69, 9.17) is 5.73 Å². The molecular formula is C15H14N6O2S. The smallest absolute Gasteiger partial charge is 0.248 e. The van der Waals surface area contributed by atoms with Gasteiger partial charge in [0.2, 0.25) is 11.8 Å². The van der Waals surface area contributed by atoms with Gasteiger partial charge in [0.15, 0.2) is 5.65 Å². The molecule has 0 saturated carbocycles. The maximum atomic E-state index is 12.3.